The minimum atomic E-state index is -5.39. The van der Waals surface area contributed by atoms with Gasteiger partial charge in [0.1, 0.15) is 0 Å². The van der Waals surface area contributed by atoms with Crippen LogP contribution in [0.3, 0.4) is 0 Å². The summed E-state index contributed by atoms with van der Waals surface area (Å²) in [7, 11) is -5.39. The zero-order valence-corrected chi connectivity index (χ0v) is 13.2. The summed E-state index contributed by atoms with van der Waals surface area (Å²) in [6, 6.07) is 0. The van der Waals surface area contributed by atoms with Crippen LogP contribution in [-0.4, -0.2) is 0 Å². The van der Waals surface area contributed by atoms with Crippen LogP contribution >= 0.6 is 7.82 Å². The second-order valence-corrected chi connectivity index (χ2v) is 1.34. The maximum Gasteiger partial charge on any atom is 1.00 e. The molecular weight excluding hydrogens is 227 g/mol. The summed E-state index contributed by atoms with van der Waals surface area (Å²) in [5.74, 6) is 0. The van der Waals surface area contributed by atoms with Crippen LogP contribution in [0.4, 0.5) is 0 Å². The smallest absolute Gasteiger partial charge is 0.822 e. The van der Waals surface area contributed by atoms with Gasteiger partial charge < -0.3 is 19.2 Å². The third-order valence-corrected chi connectivity index (χ3v) is 0. The van der Waals surface area contributed by atoms with Crippen LogP contribution in [0.15, 0.2) is 0 Å². The van der Waals surface area contributed by atoms with Gasteiger partial charge in [-0.05, 0) is 0 Å². The minimum absolute atomic E-state index is 0. The first kappa shape index (κ1) is 29.3. The summed E-state index contributed by atoms with van der Waals surface area (Å²) < 4.78 is 8.55. The van der Waals surface area contributed by atoms with Gasteiger partial charge in [-0.25, -0.2) is 0 Å². The fourth-order valence-electron chi connectivity index (χ4n) is 0. The monoisotopic (exact) mass is 227 g/mol. The molecule has 4 nitrogen and oxygen atoms in total. The van der Waals surface area contributed by atoms with Crippen LogP contribution in [0.25, 0.3) is 0 Å². The summed E-state index contributed by atoms with van der Waals surface area (Å²) in [4.78, 5) is 25.6. The Labute approximate surface area is 130 Å². The molecule has 0 aromatic carbocycles. The van der Waals surface area contributed by atoms with Gasteiger partial charge in [0.15, 0.2) is 0 Å². The molecule has 0 amide bonds. The van der Waals surface area contributed by atoms with E-state index in [2.05, 4.69) is 0 Å². The molecule has 0 rings (SSSR count). The summed E-state index contributed by atoms with van der Waals surface area (Å²) in [6.45, 7) is 0. The molecule has 0 N–H and O–H groups in total. The maximum atomic E-state index is 8.55. The molecule has 0 unspecified atom stereocenters. The molecule has 0 fully saturated rings. The number of hydrogen-bond donors (Lipinski definition) is 0. The number of hydrogen-bond acceptors (Lipinski definition) is 4. The predicted molar refractivity (Wildman–Crippen MR) is 7.61 cm³/mol. The molecule has 0 saturated heterocycles. The zero-order valence-electron chi connectivity index (χ0n) is 5.38. The second kappa shape index (κ2) is 14.2. The largest absolute Gasteiger partial charge is 1.00 e. The molecular formula is CuNa3O4P. The molecule has 9 heteroatoms. The average Bonchev–Trinajstić information content (AvgIpc) is 0.722. The van der Waals surface area contributed by atoms with E-state index in [1.54, 1.807) is 0 Å². The zero-order chi connectivity index (χ0) is 4.50. The van der Waals surface area contributed by atoms with Crippen molar-refractivity contribution in [2.75, 3.05) is 0 Å². The van der Waals surface area contributed by atoms with Gasteiger partial charge in [-0.15, -0.1) is 0 Å². The first-order valence-corrected chi connectivity index (χ1v) is 2.19. The van der Waals surface area contributed by atoms with E-state index < -0.39 is 7.82 Å². The predicted octanol–water partition coefficient (Wildman–Crippen LogP) is -11.8. The molecule has 0 aliphatic rings. The maximum absolute atomic E-state index is 8.55. The third kappa shape index (κ3) is 81.9. The van der Waals surface area contributed by atoms with E-state index in [0.29, 0.717) is 0 Å². The summed E-state index contributed by atoms with van der Waals surface area (Å²) in [6.07, 6.45) is 0. The Bertz CT molecular complexity index is 61.9. The van der Waals surface area contributed by atoms with Crippen LogP contribution < -0.4 is 103 Å². The van der Waals surface area contributed by atoms with Gasteiger partial charge in [0.05, 0.1) is 0 Å². The van der Waals surface area contributed by atoms with Crippen LogP contribution in [0.1, 0.15) is 0 Å². The average molecular weight is 227 g/mol. The van der Waals surface area contributed by atoms with Gasteiger partial charge in [0, 0.05) is 17.1 Å². The number of phosphoric acid groups is 1. The molecule has 0 aromatic heterocycles. The van der Waals surface area contributed by atoms with Crippen LogP contribution in [0, 0.1) is 0 Å². The van der Waals surface area contributed by atoms with E-state index in [1.165, 1.54) is 0 Å². The molecule has 0 bridgehead atoms. The van der Waals surface area contributed by atoms with Gasteiger partial charge in [0.25, 0.3) is 0 Å². The molecule has 9 heavy (non-hydrogen) atoms. The van der Waals surface area contributed by atoms with Crippen molar-refractivity contribution in [2.45, 2.75) is 0 Å². The quantitative estimate of drug-likeness (QED) is 0.304. The Kier molecular flexibility index (Phi) is 46.2. The van der Waals surface area contributed by atoms with Gasteiger partial charge in [0.2, 0.25) is 0 Å². The Hall–Kier alpha value is 3.63. The molecule has 0 heterocycles. The third-order valence-electron chi connectivity index (χ3n) is 0. The molecule has 0 saturated carbocycles. The Morgan fingerprint density at radius 2 is 0.889 bits per heavy atom. The van der Waals surface area contributed by atoms with Crippen molar-refractivity contribution >= 4 is 7.82 Å². The fraction of sp³-hybridized carbons (Fsp3) is 0. The molecule has 0 aromatic rings. The van der Waals surface area contributed by atoms with Crippen LogP contribution in [-0.2, 0) is 21.6 Å². The normalized spacial score (nSPS) is 6.56. The van der Waals surface area contributed by atoms with Crippen molar-refractivity contribution < 1.29 is 125 Å². The molecule has 0 spiro atoms. The standard InChI is InChI=1S/Cu.3Na.H3O4P/c;;;;1-5(2,3)4/h;;;;(H3,1,2,3,4)/q;3*+1;/p-3. The van der Waals surface area contributed by atoms with Crippen LogP contribution in [0.5, 0.6) is 0 Å². The van der Waals surface area contributed by atoms with Crippen LogP contribution in [0.2, 0.25) is 0 Å². The molecule has 0 atom stereocenters. The van der Waals surface area contributed by atoms with E-state index in [0.717, 1.165) is 0 Å². The molecule has 0 aliphatic heterocycles. The fourth-order valence-corrected chi connectivity index (χ4v) is 0. The van der Waals surface area contributed by atoms with E-state index in [4.69, 9.17) is 19.2 Å². The van der Waals surface area contributed by atoms with E-state index in [-0.39, 0.29) is 106 Å². The first-order chi connectivity index (χ1) is 2.00. The van der Waals surface area contributed by atoms with Crippen molar-refractivity contribution in [3.63, 3.8) is 0 Å². The van der Waals surface area contributed by atoms with E-state index in [1.807, 2.05) is 0 Å². The van der Waals surface area contributed by atoms with Gasteiger partial charge in [-0.1, -0.05) is 0 Å². The molecule has 0 aliphatic carbocycles. The Balaban J connectivity index is -0.0000000133. The van der Waals surface area contributed by atoms with Crippen molar-refractivity contribution in [1.82, 2.24) is 0 Å². The molecule has 1 radical (unpaired) electrons. The Morgan fingerprint density at radius 3 is 0.889 bits per heavy atom. The second-order valence-electron chi connectivity index (χ2n) is 0.447. The van der Waals surface area contributed by atoms with E-state index in [9.17, 15) is 0 Å². The van der Waals surface area contributed by atoms with Gasteiger partial charge in [-0.3, -0.25) is 0 Å². The topological polar surface area (TPSA) is 86.2 Å². The first-order valence-electron chi connectivity index (χ1n) is 0.730. The summed E-state index contributed by atoms with van der Waals surface area (Å²) >= 11 is 0. The van der Waals surface area contributed by atoms with Crippen molar-refractivity contribution in [1.29, 1.82) is 0 Å². The van der Waals surface area contributed by atoms with Crippen molar-refractivity contribution in [3.8, 4) is 0 Å². The minimum Gasteiger partial charge on any atom is -0.822 e. The number of rotatable bonds is 0. The summed E-state index contributed by atoms with van der Waals surface area (Å²) in [5.41, 5.74) is 0. The van der Waals surface area contributed by atoms with Crippen molar-refractivity contribution in [3.05, 3.63) is 0 Å². The van der Waals surface area contributed by atoms with Crippen molar-refractivity contribution in [2.24, 2.45) is 0 Å². The summed E-state index contributed by atoms with van der Waals surface area (Å²) in [5, 5.41) is 0. The van der Waals surface area contributed by atoms with Gasteiger partial charge >= 0.3 is 88.7 Å². The SMILES string of the molecule is O=P([O-])([O-])[O-].[Cu].[Na+].[Na+].[Na+]. The van der Waals surface area contributed by atoms with Gasteiger partial charge in [-0.2, -0.15) is 7.82 Å². The van der Waals surface area contributed by atoms with E-state index >= 15 is 0 Å². The Morgan fingerprint density at radius 1 is 0.889 bits per heavy atom. The molecule has 43 valence electrons.